The van der Waals surface area contributed by atoms with Crippen molar-refractivity contribution in [1.82, 2.24) is 15.0 Å². The number of aromatic nitrogens is 3. The van der Waals surface area contributed by atoms with Crippen LogP contribution in [0.1, 0.15) is 28.5 Å². The predicted octanol–water partition coefficient (Wildman–Crippen LogP) is 2.06. The monoisotopic (exact) mass is 342 g/mol. The van der Waals surface area contributed by atoms with Crippen LogP contribution in [0.3, 0.4) is 0 Å². The molecule has 1 amide bonds. The van der Waals surface area contributed by atoms with Gasteiger partial charge >= 0.3 is 0 Å². The second-order valence-electron chi connectivity index (χ2n) is 5.66. The number of carbonyl (C=O) groups excluding carboxylic acids is 1. The lowest BCUT2D eigenvalue weighted by Gasteiger charge is -2.15. The normalized spacial score (nSPS) is 17.3. The minimum absolute atomic E-state index is 0.0492. The molecule has 8 heteroatoms. The van der Waals surface area contributed by atoms with Crippen LogP contribution < -0.4 is 4.73 Å². The topological polar surface area (TPSA) is 86.2 Å². The summed E-state index contributed by atoms with van der Waals surface area (Å²) in [5.41, 5.74) is 1.30. The first-order valence-corrected chi connectivity index (χ1v) is 8.49. The maximum absolute atomic E-state index is 12.5. The summed E-state index contributed by atoms with van der Waals surface area (Å²) in [6, 6.07) is 5.15. The first-order valence-electron chi connectivity index (χ1n) is 7.55. The van der Waals surface area contributed by atoms with Crippen LogP contribution in [0.5, 0.6) is 0 Å². The molecule has 24 heavy (non-hydrogen) atoms. The summed E-state index contributed by atoms with van der Waals surface area (Å²) in [6.45, 7) is 1.13. The second kappa shape index (κ2) is 6.04. The lowest BCUT2D eigenvalue weighted by Crippen LogP contribution is -2.32. The van der Waals surface area contributed by atoms with Crippen molar-refractivity contribution in [3.63, 3.8) is 0 Å². The molecule has 1 aliphatic rings. The summed E-state index contributed by atoms with van der Waals surface area (Å²) in [7, 11) is 0. The van der Waals surface area contributed by atoms with Crippen molar-refractivity contribution in [2.24, 2.45) is 0 Å². The Bertz CT molecular complexity index is 862. The third-order valence-corrected chi connectivity index (χ3v) is 4.76. The highest BCUT2D eigenvalue weighted by Gasteiger charge is 2.31. The number of pyridine rings is 1. The van der Waals surface area contributed by atoms with Crippen molar-refractivity contribution in [3.05, 3.63) is 57.9 Å². The molecule has 0 radical (unpaired) electrons. The number of hydrogen-bond acceptors (Lipinski definition) is 6. The van der Waals surface area contributed by atoms with Gasteiger partial charge in [-0.15, -0.1) is 0 Å². The van der Waals surface area contributed by atoms with Crippen molar-refractivity contribution in [1.29, 1.82) is 0 Å². The first kappa shape index (κ1) is 14.8. The average molecular weight is 342 g/mol. The van der Waals surface area contributed by atoms with Gasteiger partial charge in [-0.2, -0.15) is 21.1 Å². The number of nitrogens with zero attached hydrogens (tertiary/aromatic N) is 4. The Morgan fingerprint density at radius 1 is 1.46 bits per heavy atom. The van der Waals surface area contributed by atoms with E-state index in [4.69, 9.17) is 4.52 Å². The van der Waals surface area contributed by atoms with Gasteiger partial charge in [0.2, 0.25) is 0 Å². The SMILES string of the molecule is O=C(c1ccc[n+]([O-])c1)N1CCC(c2noc(-c3ccsc3)n2)C1. The molecule has 3 aromatic rings. The van der Waals surface area contributed by atoms with Gasteiger partial charge in [-0.05, 0) is 23.9 Å². The van der Waals surface area contributed by atoms with Gasteiger partial charge in [0.25, 0.3) is 11.8 Å². The van der Waals surface area contributed by atoms with E-state index in [2.05, 4.69) is 10.1 Å². The largest absolute Gasteiger partial charge is 0.619 e. The third kappa shape index (κ3) is 2.76. The Hall–Kier alpha value is -2.74. The standard InChI is InChI=1S/C16H14N4O3S/c21-16(12-2-1-5-20(22)9-12)19-6-3-11(8-19)14-17-15(23-18-14)13-4-7-24-10-13/h1-2,4-5,7,9-11H,3,6,8H2. The molecule has 0 spiro atoms. The fourth-order valence-electron chi connectivity index (χ4n) is 2.82. The zero-order chi connectivity index (χ0) is 16.5. The third-order valence-electron chi connectivity index (χ3n) is 4.07. The molecule has 0 aliphatic carbocycles. The van der Waals surface area contributed by atoms with Crippen molar-refractivity contribution < 1.29 is 14.0 Å². The highest BCUT2D eigenvalue weighted by Crippen LogP contribution is 2.28. The molecule has 3 aromatic heterocycles. The van der Waals surface area contributed by atoms with Crippen LogP contribution in [0.15, 0.2) is 45.9 Å². The molecule has 4 rings (SSSR count). The Balaban J connectivity index is 1.48. The molecule has 4 heterocycles. The number of hydrogen-bond donors (Lipinski definition) is 0. The van der Waals surface area contributed by atoms with E-state index in [1.54, 1.807) is 28.4 Å². The summed E-state index contributed by atoms with van der Waals surface area (Å²) >= 11 is 1.57. The van der Waals surface area contributed by atoms with Crippen LogP contribution >= 0.6 is 11.3 Å². The first-order chi connectivity index (χ1) is 11.7. The van der Waals surface area contributed by atoms with Crippen LogP contribution in [-0.4, -0.2) is 34.0 Å². The molecular formula is C16H14N4O3S. The lowest BCUT2D eigenvalue weighted by molar-refractivity contribution is -0.605. The molecule has 1 unspecified atom stereocenters. The molecule has 0 bridgehead atoms. The van der Waals surface area contributed by atoms with E-state index < -0.39 is 0 Å². The molecule has 0 aromatic carbocycles. The second-order valence-corrected chi connectivity index (χ2v) is 6.44. The van der Waals surface area contributed by atoms with Crippen molar-refractivity contribution in [2.75, 3.05) is 13.1 Å². The van der Waals surface area contributed by atoms with Gasteiger partial charge in [-0.1, -0.05) is 5.16 Å². The van der Waals surface area contributed by atoms with Crippen LogP contribution in [-0.2, 0) is 0 Å². The molecule has 122 valence electrons. The quantitative estimate of drug-likeness (QED) is 0.537. The molecular weight excluding hydrogens is 328 g/mol. The number of amides is 1. The predicted molar refractivity (Wildman–Crippen MR) is 86.3 cm³/mol. The average Bonchev–Trinajstić information content (AvgIpc) is 3.32. The lowest BCUT2D eigenvalue weighted by atomic mass is 10.1. The zero-order valence-corrected chi connectivity index (χ0v) is 13.5. The maximum atomic E-state index is 12.5. The highest BCUT2D eigenvalue weighted by molar-refractivity contribution is 7.08. The van der Waals surface area contributed by atoms with Crippen molar-refractivity contribution in [3.8, 4) is 11.5 Å². The van der Waals surface area contributed by atoms with E-state index in [0.717, 1.165) is 12.0 Å². The van der Waals surface area contributed by atoms with Crippen molar-refractivity contribution >= 4 is 17.2 Å². The van der Waals surface area contributed by atoms with Crippen LogP contribution in [0, 0.1) is 5.21 Å². The van der Waals surface area contributed by atoms with Crippen LogP contribution in [0.25, 0.3) is 11.5 Å². The fraction of sp³-hybridized carbons (Fsp3) is 0.250. The van der Waals surface area contributed by atoms with E-state index in [0.29, 0.717) is 35.1 Å². The van der Waals surface area contributed by atoms with E-state index in [9.17, 15) is 10.0 Å². The van der Waals surface area contributed by atoms with Gasteiger partial charge < -0.3 is 14.6 Å². The van der Waals surface area contributed by atoms with Crippen LogP contribution in [0.4, 0.5) is 0 Å². The summed E-state index contributed by atoms with van der Waals surface area (Å²) in [6.07, 6.45) is 3.42. The molecule has 1 aliphatic heterocycles. The summed E-state index contributed by atoms with van der Waals surface area (Å²) in [5, 5.41) is 19.3. The molecule has 0 saturated carbocycles. The Kier molecular flexibility index (Phi) is 3.73. The summed E-state index contributed by atoms with van der Waals surface area (Å²) in [4.78, 5) is 18.7. The highest BCUT2D eigenvalue weighted by atomic mass is 32.1. The molecule has 1 saturated heterocycles. The Morgan fingerprint density at radius 2 is 2.38 bits per heavy atom. The number of thiophene rings is 1. The Morgan fingerprint density at radius 3 is 3.17 bits per heavy atom. The number of likely N-dealkylation sites (tertiary alicyclic amines) is 1. The molecule has 7 nitrogen and oxygen atoms in total. The van der Waals surface area contributed by atoms with E-state index in [1.807, 2.05) is 16.8 Å². The van der Waals surface area contributed by atoms with Crippen LogP contribution in [0.2, 0.25) is 0 Å². The van der Waals surface area contributed by atoms with Gasteiger partial charge in [0, 0.05) is 30.5 Å². The van der Waals surface area contributed by atoms with Crippen molar-refractivity contribution in [2.45, 2.75) is 12.3 Å². The molecule has 1 atom stereocenters. The zero-order valence-electron chi connectivity index (χ0n) is 12.7. The molecule has 1 fully saturated rings. The van der Waals surface area contributed by atoms with Gasteiger partial charge in [-0.25, -0.2) is 0 Å². The van der Waals surface area contributed by atoms with E-state index in [1.165, 1.54) is 12.4 Å². The number of carbonyl (C=O) groups is 1. The van der Waals surface area contributed by atoms with Gasteiger partial charge in [0.15, 0.2) is 18.2 Å². The minimum Gasteiger partial charge on any atom is -0.619 e. The van der Waals surface area contributed by atoms with Gasteiger partial charge in [0.1, 0.15) is 5.56 Å². The molecule has 0 N–H and O–H groups in total. The number of rotatable bonds is 3. The van der Waals surface area contributed by atoms with E-state index in [-0.39, 0.29) is 11.8 Å². The maximum Gasteiger partial charge on any atom is 0.259 e. The fourth-order valence-corrected chi connectivity index (χ4v) is 3.45. The smallest absolute Gasteiger partial charge is 0.259 e. The van der Waals surface area contributed by atoms with Gasteiger partial charge in [-0.3, -0.25) is 4.79 Å². The minimum atomic E-state index is -0.149. The van der Waals surface area contributed by atoms with E-state index >= 15 is 0 Å². The Labute approximate surface area is 141 Å². The summed E-state index contributed by atoms with van der Waals surface area (Å²) < 4.78 is 5.95. The van der Waals surface area contributed by atoms with Gasteiger partial charge in [0.05, 0.1) is 5.56 Å². The summed E-state index contributed by atoms with van der Waals surface area (Å²) in [5.74, 6) is 1.03.